The summed E-state index contributed by atoms with van der Waals surface area (Å²) in [5.74, 6) is 0.740. The molecule has 3 heteroatoms. The lowest BCUT2D eigenvalue weighted by atomic mass is 10.2. The molecular formula is C12H9NOS. The van der Waals surface area contributed by atoms with Crippen molar-refractivity contribution in [3.05, 3.63) is 52.2 Å². The van der Waals surface area contributed by atoms with Crippen molar-refractivity contribution in [3.8, 4) is 0 Å². The second-order valence-corrected chi connectivity index (χ2v) is 4.26. The number of benzene rings is 1. The van der Waals surface area contributed by atoms with E-state index < -0.39 is 0 Å². The second kappa shape index (κ2) is 3.51. The van der Waals surface area contributed by atoms with Gasteiger partial charge < -0.3 is 4.74 Å². The van der Waals surface area contributed by atoms with Crippen LogP contribution in [0.2, 0.25) is 0 Å². The molecule has 1 aromatic heterocycles. The van der Waals surface area contributed by atoms with Gasteiger partial charge in [0, 0.05) is 5.56 Å². The lowest BCUT2D eigenvalue weighted by Crippen LogP contribution is -2.09. The van der Waals surface area contributed by atoms with Crippen LogP contribution < -0.4 is 0 Å². The molecule has 0 N–H and O–H groups in total. The minimum Gasteiger partial charge on any atom is -0.472 e. The molecule has 2 aromatic rings. The SMILES string of the molecule is c1csc(C2=Nc3ccccc3CO2)c1. The number of nitrogens with zero attached hydrogens (tertiary/aromatic N) is 1. The minimum atomic E-state index is 0.618. The zero-order valence-electron chi connectivity index (χ0n) is 8.01. The van der Waals surface area contributed by atoms with Gasteiger partial charge in [-0.15, -0.1) is 11.3 Å². The quantitative estimate of drug-likeness (QED) is 0.714. The summed E-state index contributed by atoms with van der Waals surface area (Å²) in [7, 11) is 0. The van der Waals surface area contributed by atoms with Crippen LogP contribution in [0.3, 0.4) is 0 Å². The summed E-state index contributed by atoms with van der Waals surface area (Å²) < 4.78 is 5.61. The third-order valence-electron chi connectivity index (χ3n) is 2.31. The summed E-state index contributed by atoms with van der Waals surface area (Å²) in [6, 6.07) is 12.1. The van der Waals surface area contributed by atoms with Crippen molar-refractivity contribution in [1.29, 1.82) is 0 Å². The summed E-state index contributed by atoms with van der Waals surface area (Å²) >= 11 is 1.65. The van der Waals surface area contributed by atoms with Gasteiger partial charge in [0.15, 0.2) is 0 Å². The van der Waals surface area contributed by atoms with Crippen molar-refractivity contribution in [2.45, 2.75) is 6.61 Å². The Hall–Kier alpha value is -1.61. The van der Waals surface area contributed by atoms with Gasteiger partial charge >= 0.3 is 0 Å². The maximum absolute atomic E-state index is 5.61. The Morgan fingerprint density at radius 1 is 1.13 bits per heavy atom. The second-order valence-electron chi connectivity index (χ2n) is 3.31. The summed E-state index contributed by atoms with van der Waals surface area (Å²) in [6.07, 6.45) is 0. The number of thiophene rings is 1. The number of fused-ring (bicyclic) bond motifs is 1. The van der Waals surface area contributed by atoms with E-state index in [1.807, 2.05) is 41.8 Å². The van der Waals surface area contributed by atoms with Crippen LogP contribution in [-0.2, 0) is 11.3 Å². The van der Waals surface area contributed by atoms with Crippen molar-refractivity contribution in [3.63, 3.8) is 0 Å². The molecule has 3 rings (SSSR count). The summed E-state index contributed by atoms with van der Waals surface area (Å²) in [6.45, 7) is 0.618. The largest absolute Gasteiger partial charge is 0.472 e. The maximum atomic E-state index is 5.61. The van der Waals surface area contributed by atoms with Gasteiger partial charge in [0.05, 0.1) is 10.6 Å². The van der Waals surface area contributed by atoms with Gasteiger partial charge in [0.1, 0.15) is 6.61 Å². The normalized spacial score (nSPS) is 14.0. The Kier molecular flexibility index (Phi) is 2.03. The van der Waals surface area contributed by atoms with E-state index in [9.17, 15) is 0 Å². The molecule has 2 nitrogen and oxygen atoms in total. The number of rotatable bonds is 1. The molecule has 0 saturated carbocycles. The molecule has 0 saturated heterocycles. The van der Waals surface area contributed by atoms with E-state index in [4.69, 9.17) is 4.74 Å². The molecule has 1 aliphatic rings. The van der Waals surface area contributed by atoms with Crippen LogP contribution in [0.5, 0.6) is 0 Å². The van der Waals surface area contributed by atoms with E-state index in [1.165, 1.54) is 0 Å². The first-order chi connectivity index (χ1) is 7.43. The molecule has 15 heavy (non-hydrogen) atoms. The molecule has 74 valence electrons. The lowest BCUT2D eigenvalue weighted by molar-refractivity contribution is 0.289. The third kappa shape index (κ3) is 1.55. The highest BCUT2D eigenvalue weighted by atomic mass is 32.1. The van der Waals surface area contributed by atoms with Gasteiger partial charge in [-0.05, 0) is 17.5 Å². The molecule has 2 heterocycles. The van der Waals surface area contributed by atoms with E-state index in [0.29, 0.717) is 6.61 Å². The van der Waals surface area contributed by atoms with Crippen molar-refractivity contribution >= 4 is 22.9 Å². The van der Waals surface area contributed by atoms with E-state index in [0.717, 1.165) is 22.0 Å². The predicted molar refractivity (Wildman–Crippen MR) is 61.7 cm³/mol. The zero-order valence-corrected chi connectivity index (χ0v) is 8.83. The van der Waals surface area contributed by atoms with Crippen LogP contribution in [-0.4, -0.2) is 5.90 Å². The van der Waals surface area contributed by atoms with Gasteiger partial charge in [0.25, 0.3) is 0 Å². The van der Waals surface area contributed by atoms with Crippen LogP contribution in [0.4, 0.5) is 5.69 Å². The Bertz CT molecular complexity index is 502. The van der Waals surface area contributed by atoms with Crippen LogP contribution in [0.15, 0.2) is 46.8 Å². The molecule has 0 radical (unpaired) electrons. The van der Waals surface area contributed by atoms with Gasteiger partial charge in [-0.3, -0.25) is 0 Å². The van der Waals surface area contributed by atoms with Crippen LogP contribution in [0.25, 0.3) is 0 Å². The number of aliphatic imine (C=N–C) groups is 1. The van der Waals surface area contributed by atoms with E-state index >= 15 is 0 Å². The topological polar surface area (TPSA) is 21.6 Å². The lowest BCUT2D eigenvalue weighted by Gasteiger charge is -2.15. The van der Waals surface area contributed by atoms with Gasteiger partial charge in [-0.2, -0.15) is 0 Å². The number of ether oxygens (including phenoxy) is 1. The Balaban J connectivity index is 2.06. The molecule has 0 fully saturated rings. The molecular weight excluding hydrogens is 206 g/mol. The van der Waals surface area contributed by atoms with Crippen LogP contribution in [0, 0.1) is 0 Å². The molecule has 0 unspecified atom stereocenters. The summed E-state index contributed by atoms with van der Waals surface area (Å²) in [4.78, 5) is 5.58. The minimum absolute atomic E-state index is 0.618. The van der Waals surface area contributed by atoms with Crippen molar-refractivity contribution in [2.24, 2.45) is 4.99 Å². The predicted octanol–water partition coefficient (Wildman–Crippen LogP) is 3.36. The highest BCUT2D eigenvalue weighted by Crippen LogP contribution is 2.26. The highest BCUT2D eigenvalue weighted by Gasteiger charge is 2.14. The monoisotopic (exact) mass is 215 g/mol. The van der Waals surface area contributed by atoms with E-state index in [2.05, 4.69) is 4.99 Å². The van der Waals surface area contributed by atoms with Gasteiger partial charge in [-0.1, -0.05) is 24.3 Å². The summed E-state index contributed by atoms with van der Waals surface area (Å²) in [5, 5.41) is 2.03. The molecule has 1 aliphatic heterocycles. The Labute approximate surface area is 91.9 Å². The van der Waals surface area contributed by atoms with Gasteiger partial charge in [0.2, 0.25) is 5.90 Å². The van der Waals surface area contributed by atoms with Crippen molar-refractivity contribution < 1.29 is 4.74 Å². The average molecular weight is 215 g/mol. The highest BCUT2D eigenvalue weighted by molar-refractivity contribution is 7.12. The average Bonchev–Trinajstić information content (AvgIpc) is 2.82. The number of hydrogen-bond donors (Lipinski definition) is 0. The van der Waals surface area contributed by atoms with E-state index in [-0.39, 0.29) is 0 Å². The smallest absolute Gasteiger partial charge is 0.232 e. The Morgan fingerprint density at radius 3 is 2.93 bits per heavy atom. The van der Waals surface area contributed by atoms with Crippen molar-refractivity contribution in [1.82, 2.24) is 0 Å². The fourth-order valence-corrected chi connectivity index (χ4v) is 2.22. The van der Waals surface area contributed by atoms with E-state index in [1.54, 1.807) is 11.3 Å². The third-order valence-corrected chi connectivity index (χ3v) is 3.17. The standard InChI is InChI=1S/C12H9NOS/c1-2-5-10-9(4-1)8-14-12(13-10)11-6-3-7-15-11/h1-7H,8H2. The first-order valence-electron chi connectivity index (χ1n) is 4.77. The first-order valence-corrected chi connectivity index (χ1v) is 5.65. The summed E-state index contributed by atoms with van der Waals surface area (Å²) in [5.41, 5.74) is 2.17. The number of hydrogen-bond acceptors (Lipinski definition) is 3. The molecule has 1 aromatic carbocycles. The van der Waals surface area contributed by atoms with Crippen LogP contribution in [0.1, 0.15) is 10.4 Å². The zero-order chi connectivity index (χ0) is 10.1. The van der Waals surface area contributed by atoms with Gasteiger partial charge in [-0.25, -0.2) is 4.99 Å². The fourth-order valence-electron chi connectivity index (χ4n) is 1.56. The molecule has 0 spiro atoms. The maximum Gasteiger partial charge on any atom is 0.232 e. The molecule has 0 bridgehead atoms. The molecule has 0 aliphatic carbocycles. The first kappa shape index (κ1) is 8.68. The molecule has 0 amide bonds. The van der Waals surface area contributed by atoms with Crippen LogP contribution >= 0.6 is 11.3 Å². The Morgan fingerprint density at radius 2 is 2.07 bits per heavy atom. The van der Waals surface area contributed by atoms with Crippen molar-refractivity contribution in [2.75, 3.05) is 0 Å². The molecule has 0 atom stereocenters. The fraction of sp³-hybridized carbons (Fsp3) is 0.0833. The number of para-hydroxylation sites is 1.